The maximum absolute atomic E-state index is 3.50. The van der Waals surface area contributed by atoms with E-state index in [0.717, 1.165) is 12.1 Å². The van der Waals surface area contributed by atoms with Gasteiger partial charge in [0.05, 0.1) is 0 Å². The van der Waals surface area contributed by atoms with Crippen molar-refractivity contribution >= 4 is 0 Å². The van der Waals surface area contributed by atoms with E-state index in [2.05, 4.69) is 19.2 Å². The van der Waals surface area contributed by atoms with Crippen LogP contribution in [0, 0.1) is 0 Å². The molecule has 1 rings (SSSR count). The molecule has 48 valence electrons. The topological polar surface area (TPSA) is 12.0 Å². The summed E-state index contributed by atoms with van der Waals surface area (Å²) < 4.78 is 0. The first kappa shape index (κ1) is 6.09. The molecule has 0 bridgehead atoms. The Bertz CT molecular complexity index is 70.8. The summed E-state index contributed by atoms with van der Waals surface area (Å²) in [6.45, 7) is 4.51. The Labute approximate surface area is 51.5 Å². The van der Waals surface area contributed by atoms with E-state index in [1.54, 1.807) is 0 Å². The van der Waals surface area contributed by atoms with Crippen LogP contribution in [0.3, 0.4) is 0 Å². The third kappa shape index (κ3) is 1.22. The van der Waals surface area contributed by atoms with E-state index in [1.807, 2.05) is 0 Å². The molecule has 8 heavy (non-hydrogen) atoms. The zero-order valence-electron chi connectivity index (χ0n) is 5.78. The summed E-state index contributed by atoms with van der Waals surface area (Å²) in [5, 5.41) is 3.50. The molecule has 2 atom stereocenters. The van der Waals surface area contributed by atoms with E-state index in [0.29, 0.717) is 0 Å². The number of rotatable bonds is 1. The van der Waals surface area contributed by atoms with Crippen LogP contribution >= 0.6 is 0 Å². The zero-order valence-corrected chi connectivity index (χ0v) is 5.78. The van der Waals surface area contributed by atoms with Crippen LogP contribution < -0.4 is 5.32 Å². The molecule has 0 aromatic heterocycles. The predicted molar refractivity (Wildman–Crippen MR) is 35.9 cm³/mol. The molecule has 0 saturated carbocycles. The molecule has 1 fully saturated rings. The van der Waals surface area contributed by atoms with Gasteiger partial charge in [-0.25, -0.2) is 0 Å². The van der Waals surface area contributed by atoms with Crippen molar-refractivity contribution in [2.75, 3.05) is 0 Å². The SMILES string of the molecule is CC[C@@H]1CCC(C)N1. The molecule has 1 N–H and O–H groups in total. The van der Waals surface area contributed by atoms with Gasteiger partial charge in [-0.3, -0.25) is 0 Å². The normalized spacial score (nSPS) is 38.2. The van der Waals surface area contributed by atoms with E-state index >= 15 is 0 Å². The van der Waals surface area contributed by atoms with E-state index < -0.39 is 0 Å². The highest BCUT2D eigenvalue weighted by Crippen LogP contribution is 2.13. The van der Waals surface area contributed by atoms with Gasteiger partial charge in [0.2, 0.25) is 0 Å². The highest BCUT2D eigenvalue weighted by atomic mass is 15.0. The highest BCUT2D eigenvalue weighted by Gasteiger charge is 2.17. The van der Waals surface area contributed by atoms with Gasteiger partial charge in [-0.05, 0) is 26.2 Å². The Balaban J connectivity index is 2.22. The smallest absolute Gasteiger partial charge is 0.00674 e. The van der Waals surface area contributed by atoms with Gasteiger partial charge in [0, 0.05) is 12.1 Å². The Morgan fingerprint density at radius 2 is 2.25 bits per heavy atom. The summed E-state index contributed by atoms with van der Waals surface area (Å²) in [4.78, 5) is 0. The molecule has 1 saturated heterocycles. The van der Waals surface area contributed by atoms with Crippen LogP contribution in [-0.4, -0.2) is 12.1 Å². The third-order valence-electron chi connectivity index (χ3n) is 1.96. The minimum Gasteiger partial charge on any atom is -0.312 e. The van der Waals surface area contributed by atoms with Crippen LogP contribution in [0.15, 0.2) is 0 Å². The lowest BCUT2D eigenvalue weighted by Gasteiger charge is -2.06. The van der Waals surface area contributed by atoms with Crippen LogP contribution in [0.25, 0.3) is 0 Å². The summed E-state index contributed by atoms with van der Waals surface area (Å²) in [6, 6.07) is 1.60. The fraction of sp³-hybridized carbons (Fsp3) is 1.00. The van der Waals surface area contributed by atoms with E-state index in [1.165, 1.54) is 19.3 Å². The molecule has 1 unspecified atom stereocenters. The van der Waals surface area contributed by atoms with Crippen molar-refractivity contribution < 1.29 is 0 Å². The van der Waals surface area contributed by atoms with Gasteiger partial charge in [-0.15, -0.1) is 0 Å². The molecule has 1 heterocycles. The molecule has 0 aromatic carbocycles. The van der Waals surface area contributed by atoms with Crippen molar-refractivity contribution in [1.29, 1.82) is 0 Å². The van der Waals surface area contributed by atoms with Crippen molar-refractivity contribution in [1.82, 2.24) is 5.32 Å². The molecule has 0 amide bonds. The van der Waals surface area contributed by atoms with Gasteiger partial charge in [0.25, 0.3) is 0 Å². The summed E-state index contributed by atoms with van der Waals surface area (Å²) in [5.74, 6) is 0. The van der Waals surface area contributed by atoms with Crippen LogP contribution in [0.1, 0.15) is 33.1 Å². The number of hydrogen-bond acceptors (Lipinski definition) is 1. The van der Waals surface area contributed by atoms with Crippen molar-refractivity contribution in [3.05, 3.63) is 0 Å². The molecule has 0 spiro atoms. The fourth-order valence-corrected chi connectivity index (χ4v) is 1.34. The molecule has 1 aliphatic rings. The van der Waals surface area contributed by atoms with Crippen molar-refractivity contribution in [3.63, 3.8) is 0 Å². The summed E-state index contributed by atoms with van der Waals surface area (Å²) in [7, 11) is 0. The van der Waals surface area contributed by atoms with Gasteiger partial charge >= 0.3 is 0 Å². The second kappa shape index (κ2) is 2.49. The lowest BCUT2D eigenvalue weighted by Crippen LogP contribution is -2.25. The molecule has 0 aliphatic carbocycles. The molecular weight excluding hydrogens is 98.1 g/mol. The third-order valence-corrected chi connectivity index (χ3v) is 1.96. The van der Waals surface area contributed by atoms with Crippen molar-refractivity contribution in [2.45, 2.75) is 45.2 Å². The maximum atomic E-state index is 3.50. The van der Waals surface area contributed by atoms with Gasteiger partial charge in [0.1, 0.15) is 0 Å². The maximum Gasteiger partial charge on any atom is 0.00674 e. The largest absolute Gasteiger partial charge is 0.312 e. The van der Waals surface area contributed by atoms with E-state index in [9.17, 15) is 0 Å². The molecular formula is C7H15N. The zero-order chi connectivity index (χ0) is 5.98. The van der Waals surface area contributed by atoms with Crippen LogP contribution in [0.4, 0.5) is 0 Å². The first-order chi connectivity index (χ1) is 3.83. The molecule has 1 nitrogen and oxygen atoms in total. The Hall–Kier alpha value is -0.0400. The lowest BCUT2D eigenvalue weighted by molar-refractivity contribution is 0.548. The number of nitrogens with one attached hydrogen (secondary N) is 1. The van der Waals surface area contributed by atoms with Crippen molar-refractivity contribution in [3.8, 4) is 0 Å². The summed E-state index contributed by atoms with van der Waals surface area (Å²) >= 11 is 0. The minimum atomic E-state index is 0.778. The summed E-state index contributed by atoms with van der Waals surface area (Å²) in [6.07, 6.45) is 4.06. The quantitative estimate of drug-likeness (QED) is 0.544. The highest BCUT2D eigenvalue weighted by molar-refractivity contribution is 4.78. The lowest BCUT2D eigenvalue weighted by atomic mass is 10.2. The van der Waals surface area contributed by atoms with Crippen molar-refractivity contribution in [2.24, 2.45) is 0 Å². The summed E-state index contributed by atoms with van der Waals surface area (Å²) in [5.41, 5.74) is 0. The Morgan fingerprint density at radius 1 is 1.50 bits per heavy atom. The molecule has 1 heteroatoms. The first-order valence-electron chi connectivity index (χ1n) is 3.59. The van der Waals surface area contributed by atoms with Crippen LogP contribution in [0.2, 0.25) is 0 Å². The predicted octanol–water partition coefficient (Wildman–Crippen LogP) is 1.54. The fourth-order valence-electron chi connectivity index (χ4n) is 1.34. The van der Waals surface area contributed by atoms with Gasteiger partial charge in [-0.2, -0.15) is 0 Å². The standard InChI is InChI=1S/C7H15N/c1-3-7-5-4-6(2)8-7/h6-8H,3-5H2,1-2H3/t6?,7-/m1/s1. The monoisotopic (exact) mass is 113 g/mol. The van der Waals surface area contributed by atoms with Gasteiger partial charge < -0.3 is 5.32 Å². The molecule has 0 aromatic rings. The second-order valence-corrected chi connectivity index (χ2v) is 2.75. The molecule has 0 radical (unpaired) electrons. The average molecular weight is 113 g/mol. The van der Waals surface area contributed by atoms with E-state index in [4.69, 9.17) is 0 Å². The Morgan fingerprint density at radius 3 is 2.50 bits per heavy atom. The number of hydrogen-bond donors (Lipinski definition) is 1. The van der Waals surface area contributed by atoms with Crippen LogP contribution in [0.5, 0.6) is 0 Å². The van der Waals surface area contributed by atoms with Gasteiger partial charge in [-0.1, -0.05) is 6.92 Å². The first-order valence-corrected chi connectivity index (χ1v) is 3.59. The van der Waals surface area contributed by atoms with Crippen LogP contribution in [-0.2, 0) is 0 Å². The molecule has 1 aliphatic heterocycles. The van der Waals surface area contributed by atoms with Gasteiger partial charge in [0.15, 0.2) is 0 Å². The van der Waals surface area contributed by atoms with E-state index in [-0.39, 0.29) is 0 Å². The Kier molecular flexibility index (Phi) is 1.90. The second-order valence-electron chi connectivity index (χ2n) is 2.75. The minimum absolute atomic E-state index is 0.778. The average Bonchev–Trinajstić information content (AvgIpc) is 2.14.